The summed E-state index contributed by atoms with van der Waals surface area (Å²) in [6.45, 7) is 1.42. The molecule has 1 heterocycles. The lowest BCUT2D eigenvalue weighted by Crippen LogP contribution is -2.42. The van der Waals surface area contributed by atoms with Gasteiger partial charge >= 0.3 is 0 Å². The molecule has 48 heavy (non-hydrogen) atoms. The number of hydrogen-bond acceptors (Lipinski definition) is 10. The molecular formula is C36H41F2N3O7. The SMILES string of the molecule is COC(O)CNCCCOC1C=c2nccc(Oc3ccc(C/C=C\C(=O)C4(C(O)Nc5ccc(F)cc5)CC4)cc3F)c2=CC1OC. The smallest absolute Gasteiger partial charge is 0.166 e. The van der Waals surface area contributed by atoms with E-state index in [0.717, 1.165) is 0 Å². The van der Waals surface area contributed by atoms with Gasteiger partial charge in [-0.05, 0) is 98.5 Å². The van der Waals surface area contributed by atoms with E-state index in [-0.39, 0.29) is 17.6 Å². The van der Waals surface area contributed by atoms with Crippen LogP contribution in [0.2, 0.25) is 0 Å². The summed E-state index contributed by atoms with van der Waals surface area (Å²) in [7, 11) is 3.02. The maximum absolute atomic E-state index is 15.2. The number of hydrogen-bond donors (Lipinski definition) is 4. The Morgan fingerprint density at radius 3 is 2.56 bits per heavy atom. The van der Waals surface area contributed by atoms with Crippen molar-refractivity contribution in [3.8, 4) is 11.5 Å². The number of aliphatic hydroxyl groups excluding tert-OH is 2. The van der Waals surface area contributed by atoms with Crippen molar-refractivity contribution in [2.75, 3.05) is 39.2 Å². The minimum atomic E-state index is -1.11. The molecule has 0 amide bonds. The molecule has 2 aliphatic rings. The number of ether oxygens (including phenoxy) is 4. The monoisotopic (exact) mass is 665 g/mol. The lowest BCUT2D eigenvalue weighted by molar-refractivity contribution is -0.122. The Morgan fingerprint density at radius 1 is 1.06 bits per heavy atom. The number of aromatic nitrogens is 1. The van der Waals surface area contributed by atoms with Crippen molar-refractivity contribution in [1.82, 2.24) is 10.3 Å². The number of pyridine rings is 1. The van der Waals surface area contributed by atoms with Crippen molar-refractivity contribution in [2.45, 2.75) is 50.4 Å². The summed E-state index contributed by atoms with van der Waals surface area (Å²) in [5.74, 6) is -0.731. The van der Waals surface area contributed by atoms with E-state index < -0.39 is 35.7 Å². The van der Waals surface area contributed by atoms with Crippen LogP contribution in [0.15, 0.2) is 66.9 Å². The van der Waals surface area contributed by atoms with Crippen molar-refractivity contribution in [2.24, 2.45) is 5.41 Å². The maximum atomic E-state index is 15.2. The lowest BCUT2D eigenvalue weighted by atomic mass is 9.97. The summed E-state index contributed by atoms with van der Waals surface area (Å²) in [4.78, 5) is 17.4. The number of carbonyl (C=O) groups is 1. The average Bonchev–Trinajstić information content (AvgIpc) is 3.90. The zero-order chi connectivity index (χ0) is 34.1. The number of nitrogens with zero attached hydrogens (tertiary/aromatic N) is 1. The molecule has 0 aliphatic heterocycles. The van der Waals surface area contributed by atoms with E-state index >= 15 is 4.39 Å². The molecule has 0 radical (unpaired) electrons. The fourth-order valence-electron chi connectivity index (χ4n) is 5.41. The number of nitrogens with one attached hydrogen (secondary N) is 2. The zero-order valence-corrected chi connectivity index (χ0v) is 26.9. The molecule has 4 atom stereocenters. The highest BCUT2D eigenvalue weighted by atomic mass is 19.1. The summed E-state index contributed by atoms with van der Waals surface area (Å²) in [5.41, 5.74) is 0.217. The quantitative estimate of drug-likeness (QED) is 0.0914. The van der Waals surface area contributed by atoms with Crippen LogP contribution < -0.4 is 25.9 Å². The van der Waals surface area contributed by atoms with Gasteiger partial charge in [-0.3, -0.25) is 9.78 Å². The first-order valence-electron chi connectivity index (χ1n) is 15.8. The van der Waals surface area contributed by atoms with Gasteiger partial charge in [0, 0.05) is 44.5 Å². The summed E-state index contributed by atoms with van der Waals surface area (Å²) in [5, 5.41) is 27.4. The van der Waals surface area contributed by atoms with Gasteiger partial charge in [-0.15, -0.1) is 0 Å². The summed E-state index contributed by atoms with van der Waals surface area (Å²) in [6.07, 6.45) is 7.67. The third-order valence-electron chi connectivity index (χ3n) is 8.42. The van der Waals surface area contributed by atoms with E-state index in [4.69, 9.17) is 18.9 Å². The second-order valence-corrected chi connectivity index (χ2v) is 11.8. The highest BCUT2D eigenvalue weighted by Crippen LogP contribution is 2.50. The van der Waals surface area contributed by atoms with Crippen LogP contribution in [0, 0.1) is 17.0 Å². The van der Waals surface area contributed by atoms with Crippen molar-refractivity contribution in [3.05, 3.63) is 94.6 Å². The highest BCUT2D eigenvalue weighted by Gasteiger charge is 2.54. The number of anilines is 1. The van der Waals surface area contributed by atoms with E-state index in [0.29, 0.717) is 72.9 Å². The van der Waals surface area contributed by atoms with Gasteiger partial charge in [0.2, 0.25) is 0 Å². The van der Waals surface area contributed by atoms with E-state index in [1.54, 1.807) is 31.5 Å². The van der Waals surface area contributed by atoms with Crippen LogP contribution in [0.25, 0.3) is 12.2 Å². The van der Waals surface area contributed by atoms with Crippen molar-refractivity contribution < 1.29 is 42.7 Å². The van der Waals surface area contributed by atoms with Gasteiger partial charge in [0.25, 0.3) is 0 Å². The van der Waals surface area contributed by atoms with E-state index in [1.807, 2.05) is 12.2 Å². The first-order chi connectivity index (χ1) is 23.2. The minimum Gasteiger partial charge on any atom is -0.454 e. The van der Waals surface area contributed by atoms with Crippen LogP contribution in [0.5, 0.6) is 11.5 Å². The first kappa shape index (κ1) is 35.3. The number of rotatable bonds is 18. The Balaban J connectivity index is 1.17. The number of benzene rings is 2. The van der Waals surface area contributed by atoms with Gasteiger partial charge in [-0.2, -0.15) is 0 Å². The Labute approximate surface area is 277 Å². The molecule has 2 aromatic carbocycles. The van der Waals surface area contributed by atoms with Crippen molar-refractivity contribution in [1.29, 1.82) is 0 Å². The molecule has 4 N–H and O–H groups in total. The summed E-state index contributed by atoms with van der Waals surface area (Å²) >= 11 is 0. The average molecular weight is 666 g/mol. The van der Waals surface area contributed by atoms with Crippen LogP contribution in [-0.2, 0) is 25.4 Å². The number of halogens is 2. The predicted molar refractivity (Wildman–Crippen MR) is 175 cm³/mol. The van der Waals surface area contributed by atoms with Crippen LogP contribution >= 0.6 is 0 Å². The molecule has 1 aromatic heterocycles. The van der Waals surface area contributed by atoms with Gasteiger partial charge in [-0.25, -0.2) is 8.78 Å². The van der Waals surface area contributed by atoms with Crippen LogP contribution in [-0.4, -0.2) is 79.6 Å². The second kappa shape index (κ2) is 16.4. The molecule has 3 aromatic rings. The molecule has 0 bridgehead atoms. The van der Waals surface area contributed by atoms with Crippen molar-refractivity contribution in [3.63, 3.8) is 0 Å². The summed E-state index contributed by atoms with van der Waals surface area (Å²) in [6, 6.07) is 11.8. The number of carbonyl (C=O) groups excluding carboxylic acids is 1. The van der Waals surface area contributed by atoms with Gasteiger partial charge in [0.1, 0.15) is 30.0 Å². The molecule has 4 unspecified atom stereocenters. The Bertz CT molecular complexity index is 1700. The molecule has 256 valence electrons. The van der Waals surface area contributed by atoms with Gasteiger partial charge in [-0.1, -0.05) is 12.1 Å². The highest BCUT2D eigenvalue weighted by molar-refractivity contribution is 5.97. The molecule has 2 aliphatic carbocycles. The molecule has 0 spiro atoms. The normalized spacial score (nSPS) is 19.1. The van der Waals surface area contributed by atoms with Crippen LogP contribution in [0.4, 0.5) is 14.5 Å². The molecule has 0 saturated heterocycles. The molecular weight excluding hydrogens is 624 g/mol. The van der Waals surface area contributed by atoms with Crippen LogP contribution in [0.1, 0.15) is 24.8 Å². The molecule has 10 nitrogen and oxygen atoms in total. The first-order valence-corrected chi connectivity index (χ1v) is 15.8. The molecule has 1 saturated carbocycles. The Hall–Kier alpha value is -4.04. The number of aliphatic hydroxyl groups is 2. The second-order valence-electron chi connectivity index (χ2n) is 11.8. The van der Waals surface area contributed by atoms with E-state index in [2.05, 4.69) is 15.6 Å². The maximum Gasteiger partial charge on any atom is 0.166 e. The van der Waals surface area contributed by atoms with Gasteiger partial charge in [0.05, 0.1) is 10.8 Å². The summed E-state index contributed by atoms with van der Waals surface area (Å²) < 4.78 is 50.9. The fourth-order valence-corrected chi connectivity index (χ4v) is 5.41. The Kier molecular flexibility index (Phi) is 12.0. The number of allylic oxidation sites excluding steroid dienone is 2. The zero-order valence-electron chi connectivity index (χ0n) is 26.9. The van der Waals surface area contributed by atoms with Gasteiger partial charge < -0.3 is 39.8 Å². The number of ketones is 1. The Morgan fingerprint density at radius 2 is 1.85 bits per heavy atom. The number of fused-ring (bicyclic) bond motifs is 1. The molecule has 1 fully saturated rings. The molecule has 5 rings (SSSR count). The van der Waals surface area contributed by atoms with Crippen LogP contribution in [0.3, 0.4) is 0 Å². The third kappa shape index (κ3) is 8.90. The minimum absolute atomic E-state index is 0.0333. The standard InChI is InChI=1S/C36H41F2N3O7/c1-45-31-20-26-28(21-32(31)47-18-4-16-39-22-34(43)46-2)40-17-13-29(26)48-30-12-7-23(19-27(30)38)5-3-6-33(42)36(14-15-36)35(44)41-25-10-8-24(37)9-11-25/h3,6-13,17,19-21,31-32,34-35,39,41,43-44H,4-5,14-16,18,22H2,1-2H3/b6-3-. The number of methoxy groups -OCH3 is 2. The molecule has 12 heteroatoms. The van der Waals surface area contributed by atoms with Gasteiger partial charge in [0.15, 0.2) is 23.6 Å². The van der Waals surface area contributed by atoms with E-state index in [9.17, 15) is 19.4 Å². The predicted octanol–water partition coefficient (Wildman–Crippen LogP) is 2.95. The third-order valence-corrected chi connectivity index (χ3v) is 8.42. The largest absolute Gasteiger partial charge is 0.454 e. The van der Waals surface area contributed by atoms with E-state index in [1.165, 1.54) is 49.6 Å². The fraction of sp³-hybridized carbons (Fsp3) is 0.389. The van der Waals surface area contributed by atoms with Crippen molar-refractivity contribution >= 4 is 23.6 Å². The topological polar surface area (TPSA) is 131 Å². The lowest BCUT2D eigenvalue weighted by Gasteiger charge is -2.24.